The molecule has 2 fully saturated rings. The summed E-state index contributed by atoms with van der Waals surface area (Å²) in [5.74, 6) is 2.49. The van der Waals surface area contributed by atoms with Crippen molar-refractivity contribution in [2.24, 2.45) is 23.5 Å². The van der Waals surface area contributed by atoms with Crippen LogP contribution in [0.15, 0.2) is 12.1 Å². The van der Waals surface area contributed by atoms with Crippen LogP contribution in [0.4, 0.5) is 5.69 Å². The first-order chi connectivity index (χ1) is 9.95. The van der Waals surface area contributed by atoms with E-state index >= 15 is 0 Å². The molecule has 0 heterocycles. The number of nitro benzene ring substituents is 1. The van der Waals surface area contributed by atoms with E-state index in [1.165, 1.54) is 25.7 Å². The van der Waals surface area contributed by atoms with Crippen LogP contribution in [0.3, 0.4) is 0 Å². The summed E-state index contributed by atoms with van der Waals surface area (Å²) in [6, 6.07) is 3.25. The second kappa shape index (κ2) is 5.41. The van der Waals surface area contributed by atoms with Gasteiger partial charge in [0.05, 0.1) is 4.92 Å². The monoisotopic (exact) mass is 288 g/mol. The quantitative estimate of drug-likeness (QED) is 0.671. The van der Waals surface area contributed by atoms with Crippen LogP contribution < -0.4 is 5.73 Å². The first-order valence-corrected chi connectivity index (χ1v) is 7.96. The van der Waals surface area contributed by atoms with Crippen molar-refractivity contribution in [2.75, 3.05) is 0 Å². The maximum Gasteiger partial charge on any atom is 0.270 e. The molecular formula is C17H24N2O2. The molecule has 2 bridgehead atoms. The van der Waals surface area contributed by atoms with Crippen LogP contribution >= 0.6 is 0 Å². The zero-order chi connectivity index (χ0) is 15.1. The second-order valence-corrected chi connectivity index (χ2v) is 7.01. The van der Waals surface area contributed by atoms with E-state index in [4.69, 9.17) is 5.73 Å². The minimum absolute atomic E-state index is 0.0760. The first-order valence-electron chi connectivity index (χ1n) is 7.96. The van der Waals surface area contributed by atoms with Crippen LogP contribution in [0.2, 0.25) is 0 Å². The predicted octanol–water partition coefficient (Wildman–Crippen LogP) is 4.04. The third-order valence-electron chi connectivity index (χ3n) is 5.74. The molecule has 0 aliphatic heterocycles. The molecule has 4 unspecified atom stereocenters. The van der Waals surface area contributed by atoms with E-state index < -0.39 is 0 Å². The van der Waals surface area contributed by atoms with Crippen LogP contribution in [0.25, 0.3) is 0 Å². The van der Waals surface area contributed by atoms with E-state index in [2.05, 4.69) is 0 Å². The Labute approximate surface area is 125 Å². The largest absolute Gasteiger partial charge is 0.324 e. The van der Waals surface area contributed by atoms with Crippen molar-refractivity contribution in [1.29, 1.82) is 0 Å². The summed E-state index contributed by atoms with van der Waals surface area (Å²) < 4.78 is 0. The molecule has 21 heavy (non-hydrogen) atoms. The van der Waals surface area contributed by atoms with Crippen LogP contribution in [0.5, 0.6) is 0 Å². The molecule has 1 aromatic carbocycles. The minimum Gasteiger partial charge on any atom is -0.324 e. The molecule has 2 aliphatic carbocycles. The zero-order valence-corrected chi connectivity index (χ0v) is 12.8. The number of benzene rings is 1. The molecule has 4 heteroatoms. The lowest BCUT2D eigenvalue weighted by Gasteiger charge is -2.26. The normalized spacial score (nSPS) is 28.8. The van der Waals surface area contributed by atoms with Crippen LogP contribution in [-0.4, -0.2) is 4.92 Å². The minimum atomic E-state index is -0.319. The highest BCUT2D eigenvalue weighted by Gasteiger charge is 2.40. The Kier molecular flexibility index (Phi) is 3.74. The molecule has 0 amide bonds. The summed E-state index contributed by atoms with van der Waals surface area (Å²) in [5, 5.41) is 11.1. The van der Waals surface area contributed by atoms with Gasteiger partial charge in [0.1, 0.15) is 0 Å². The molecule has 0 spiro atoms. The molecule has 0 saturated heterocycles. The fourth-order valence-electron chi connectivity index (χ4n) is 4.48. The van der Waals surface area contributed by atoms with Gasteiger partial charge in [-0.2, -0.15) is 0 Å². The van der Waals surface area contributed by atoms with Crippen LogP contribution in [-0.2, 0) is 0 Å². The Morgan fingerprint density at radius 1 is 1.33 bits per heavy atom. The molecule has 114 valence electrons. The van der Waals surface area contributed by atoms with Gasteiger partial charge < -0.3 is 5.73 Å². The Bertz CT molecular complexity index is 570. The number of hydrogen-bond donors (Lipinski definition) is 1. The van der Waals surface area contributed by atoms with Gasteiger partial charge in [0, 0.05) is 18.2 Å². The fraction of sp³-hybridized carbons (Fsp3) is 0.647. The van der Waals surface area contributed by atoms with Gasteiger partial charge in [-0.25, -0.2) is 0 Å². The first kappa shape index (κ1) is 14.5. The number of rotatable bonds is 4. The Balaban J connectivity index is 1.80. The molecule has 4 nitrogen and oxygen atoms in total. The Morgan fingerprint density at radius 3 is 2.67 bits per heavy atom. The highest BCUT2D eigenvalue weighted by atomic mass is 16.6. The molecule has 2 saturated carbocycles. The average Bonchev–Trinajstić information content (AvgIpc) is 3.03. The van der Waals surface area contributed by atoms with Gasteiger partial charge >= 0.3 is 0 Å². The number of hydrogen-bond acceptors (Lipinski definition) is 3. The van der Waals surface area contributed by atoms with Crippen molar-refractivity contribution in [2.45, 2.75) is 52.0 Å². The number of nitrogens with two attached hydrogens (primary N) is 1. The maximum atomic E-state index is 11.1. The van der Waals surface area contributed by atoms with Crippen molar-refractivity contribution in [3.05, 3.63) is 38.9 Å². The second-order valence-electron chi connectivity index (χ2n) is 7.01. The topological polar surface area (TPSA) is 69.2 Å². The smallest absolute Gasteiger partial charge is 0.270 e. The summed E-state index contributed by atoms with van der Waals surface area (Å²) in [6.07, 6.45) is 6.42. The highest BCUT2D eigenvalue weighted by Crippen LogP contribution is 2.50. The lowest BCUT2D eigenvalue weighted by Crippen LogP contribution is -2.20. The van der Waals surface area contributed by atoms with E-state index in [-0.39, 0.29) is 16.7 Å². The SMILES string of the molecule is Cc1cc([N+](=O)[O-])cc(C(N)CC2CC3CCC2C3)c1C. The number of aryl methyl sites for hydroxylation is 1. The molecule has 1 aromatic rings. The maximum absolute atomic E-state index is 11.1. The van der Waals surface area contributed by atoms with E-state index in [1.807, 2.05) is 13.8 Å². The summed E-state index contributed by atoms with van der Waals surface area (Å²) in [7, 11) is 0. The van der Waals surface area contributed by atoms with Crippen molar-refractivity contribution < 1.29 is 4.92 Å². The Hall–Kier alpha value is -1.42. The summed E-state index contributed by atoms with van der Waals surface area (Å²) >= 11 is 0. The number of nitro groups is 1. The number of non-ortho nitro benzene ring substituents is 1. The van der Waals surface area contributed by atoms with Crippen molar-refractivity contribution in [1.82, 2.24) is 0 Å². The highest BCUT2D eigenvalue weighted by molar-refractivity contribution is 5.46. The summed E-state index contributed by atoms with van der Waals surface area (Å²) in [5.41, 5.74) is 9.62. The third kappa shape index (κ3) is 2.69. The van der Waals surface area contributed by atoms with E-state index in [0.717, 1.165) is 40.9 Å². The van der Waals surface area contributed by atoms with Crippen LogP contribution in [0.1, 0.15) is 54.8 Å². The summed E-state index contributed by atoms with van der Waals surface area (Å²) in [4.78, 5) is 10.7. The van der Waals surface area contributed by atoms with Crippen molar-refractivity contribution in [3.8, 4) is 0 Å². The zero-order valence-electron chi connectivity index (χ0n) is 12.8. The molecule has 3 rings (SSSR count). The van der Waals surface area contributed by atoms with Gasteiger partial charge in [0.2, 0.25) is 0 Å². The molecule has 0 aromatic heterocycles. The summed E-state index contributed by atoms with van der Waals surface area (Å²) in [6.45, 7) is 3.95. The Morgan fingerprint density at radius 2 is 2.10 bits per heavy atom. The van der Waals surface area contributed by atoms with Crippen molar-refractivity contribution >= 4 is 5.69 Å². The van der Waals surface area contributed by atoms with E-state index in [0.29, 0.717) is 0 Å². The number of fused-ring (bicyclic) bond motifs is 2. The molecule has 0 radical (unpaired) electrons. The standard InChI is InChI=1S/C17H24N2O2/c1-10-5-15(19(20)21)9-16(11(10)2)17(18)8-14-7-12-3-4-13(14)6-12/h5,9,12-14,17H,3-4,6-8,18H2,1-2H3. The van der Waals surface area contributed by atoms with Gasteiger partial charge in [-0.15, -0.1) is 0 Å². The van der Waals surface area contributed by atoms with Gasteiger partial charge in [-0.05, 0) is 74.0 Å². The molecule has 4 atom stereocenters. The average molecular weight is 288 g/mol. The fourth-order valence-corrected chi connectivity index (χ4v) is 4.48. The van der Waals surface area contributed by atoms with Gasteiger partial charge in [-0.1, -0.05) is 6.42 Å². The third-order valence-corrected chi connectivity index (χ3v) is 5.74. The van der Waals surface area contributed by atoms with E-state index in [1.54, 1.807) is 12.1 Å². The molecule has 2 N–H and O–H groups in total. The number of nitrogens with zero attached hydrogens (tertiary/aromatic N) is 1. The lowest BCUT2D eigenvalue weighted by atomic mass is 9.82. The predicted molar refractivity (Wildman–Crippen MR) is 83.1 cm³/mol. The van der Waals surface area contributed by atoms with Gasteiger partial charge in [0.25, 0.3) is 5.69 Å². The van der Waals surface area contributed by atoms with E-state index in [9.17, 15) is 10.1 Å². The lowest BCUT2D eigenvalue weighted by molar-refractivity contribution is -0.385. The molecular weight excluding hydrogens is 264 g/mol. The van der Waals surface area contributed by atoms with Gasteiger partial charge in [-0.3, -0.25) is 10.1 Å². The molecule has 2 aliphatic rings. The van der Waals surface area contributed by atoms with Gasteiger partial charge in [0.15, 0.2) is 0 Å². The van der Waals surface area contributed by atoms with Crippen molar-refractivity contribution in [3.63, 3.8) is 0 Å². The van der Waals surface area contributed by atoms with Crippen LogP contribution in [0, 0.1) is 41.7 Å².